The summed E-state index contributed by atoms with van der Waals surface area (Å²) in [6, 6.07) is 8.24. The molecule has 2 aromatic carbocycles. The number of para-hydroxylation sites is 1. The number of rotatable bonds is 4. The van der Waals surface area contributed by atoms with E-state index in [2.05, 4.69) is 15.9 Å². The van der Waals surface area contributed by atoms with Crippen molar-refractivity contribution >= 4 is 33.5 Å². The van der Waals surface area contributed by atoms with Crippen LogP contribution in [0.5, 0.6) is 11.5 Å². The highest BCUT2D eigenvalue weighted by Crippen LogP contribution is 2.46. The number of anilines is 1. The first-order valence-corrected chi connectivity index (χ1v) is 10.2. The number of amides is 1. The van der Waals surface area contributed by atoms with Crippen LogP contribution in [0, 0.1) is 5.92 Å². The lowest BCUT2D eigenvalue weighted by molar-refractivity contribution is -0.171. The Labute approximate surface area is 183 Å². The molecule has 31 heavy (non-hydrogen) atoms. The molecule has 1 N–H and O–H groups in total. The van der Waals surface area contributed by atoms with Crippen LogP contribution < -0.4 is 14.4 Å². The Hall–Kier alpha value is -2.75. The highest BCUT2D eigenvalue weighted by Gasteiger charge is 2.48. The van der Waals surface area contributed by atoms with E-state index < -0.39 is 35.9 Å². The van der Waals surface area contributed by atoms with Gasteiger partial charge in [-0.05, 0) is 28.1 Å². The van der Waals surface area contributed by atoms with E-state index in [1.165, 1.54) is 18.2 Å². The van der Waals surface area contributed by atoms with Gasteiger partial charge >= 0.3 is 18.1 Å². The fraction of sp³-hybridized carbons (Fsp3) is 0.333. The zero-order valence-electron chi connectivity index (χ0n) is 16.1. The number of hydrogen-bond donors (Lipinski definition) is 1. The van der Waals surface area contributed by atoms with Crippen LogP contribution in [0.1, 0.15) is 30.0 Å². The highest BCUT2D eigenvalue weighted by atomic mass is 79.9. The van der Waals surface area contributed by atoms with Crippen molar-refractivity contribution in [3.05, 3.63) is 52.0 Å². The molecule has 0 saturated heterocycles. The number of ether oxygens (including phenoxy) is 2. The molecule has 1 amide bonds. The van der Waals surface area contributed by atoms with Crippen molar-refractivity contribution in [1.29, 1.82) is 0 Å². The summed E-state index contributed by atoms with van der Waals surface area (Å²) in [5, 5.41) is 9.28. The number of halogens is 4. The summed E-state index contributed by atoms with van der Waals surface area (Å²) in [4.78, 5) is 24.4. The zero-order chi connectivity index (χ0) is 22.5. The normalized spacial score (nSPS) is 20.3. The minimum absolute atomic E-state index is 0.00821. The van der Waals surface area contributed by atoms with Gasteiger partial charge < -0.3 is 14.6 Å². The Morgan fingerprint density at radius 2 is 1.90 bits per heavy atom. The van der Waals surface area contributed by atoms with E-state index in [1.54, 1.807) is 25.1 Å². The lowest BCUT2D eigenvalue weighted by atomic mass is 9.89. The second kappa shape index (κ2) is 7.74. The predicted molar refractivity (Wildman–Crippen MR) is 107 cm³/mol. The summed E-state index contributed by atoms with van der Waals surface area (Å²) in [6.45, 7) is 1.50. The number of carboxylic acid groups (broad SMARTS) is 1. The molecular formula is C21H17BrF3NO5. The number of carboxylic acids is 1. The molecule has 0 radical (unpaired) electrons. The minimum atomic E-state index is -5.10. The van der Waals surface area contributed by atoms with Crippen molar-refractivity contribution in [2.45, 2.75) is 25.1 Å². The van der Waals surface area contributed by atoms with Crippen molar-refractivity contribution in [1.82, 2.24) is 0 Å². The number of carbonyl (C=O) groups excluding carboxylic acids is 1. The Bertz CT molecular complexity index is 1060. The molecule has 0 aromatic heterocycles. The largest absolute Gasteiger partial charge is 0.493 e. The van der Waals surface area contributed by atoms with Crippen LogP contribution in [0.3, 0.4) is 0 Å². The van der Waals surface area contributed by atoms with Crippen molar-refractivity contribution in [3.8, 4) is 11.5 Å². The van der Waals surface area contributed by atoms with E-state index in [4.69, 9.17) is 9.47 Å². The van der Waals surface area contributed by atoms with Crippen molar-refractivity contribution < 1.29 is 37.3 Å². The van der Waals surface area contributed by atoms with E-state index >= 15 is 0 Å². The smallest absolute Gasteiger partial charge is 0.471 e. The molecule has 0 saturated carbocycles. The van der Waals surface area contributed by atoms with Gasteiger partial charge in [-0.2, -0.15) is 13.2 Å². The molecule has 0 bridgehead atoms. The molecular weight excluding hydrogens is 483 g/mol. The lowest BCUT2D eigenvalue weighted by Crippen LogP contribution is -2.44. The van der Waals surface area contributed by atoms with Gasteiger partial charge in [-0.15, -0.1) is 0 Å². The van der Waals surface area contributed by atoms with E-state index in [0.29, 0.717) is 26.2 Å². The molecule has 0 aliphatic carbocycles. The SMILES string of the molecule is CC(C(=O)O)[C@@H]1COc2cc(N(C(=O)C(F)(F)F)[C@@H]3COc4c(Br)cccc43)ccc21. The highest BCUT2D eigenvalue weighted by molar-refractivity contribution is 9.10. The van der Waals surface area contributed by atoms with E-state index in [1.807, 2.05) is 0 Å². The van der Waals surface area contributed by atoms with Gasteiger partial charge in [0, 0.05) is 28.8 Å². The topological polar surface area (TPSA) is 76.1 Å². The third-order valence-corrected chi connectivity index (χ3v) is 6.23. The van der Waals surface area contributed by atoms with Gasteiger partial charge in [-0.25, -0.2) is 0 Å². The average Bonchev–Trinajstić information content (AvgIpc) is 3.32. The maximum absolute atomic E-state index is 13.5. The van der Waals surface area contributed by atoms with Gasteiger partial charge in [0.25, 0.3) is 0 Å². The van der Waals surface area contributed by atoms with E-state index in [9.17, 15) is 27.9 Å². The number of carbonyl (C=O) groups is 2. The van der Waals surface area contributed by atoms with Crippen molar-refractivity contribution in [2.75, 3.05) is 18.1 Å². The van der Waals surface area contributed by atoms with Crippen LogP contribution in [0.15, 0.2) is 40.9 Å². The Balaban J connectivity index is 1.76. The summed E-state index contributed by atoms with van der Waals surface area (Å²) in [5.41, 5.74) is 1.03. The molecule has 3 atom stereocenters. The van der Waals surface area contributed by atoms with Gasteiger partial charge in [0.1, 0.15) is 18.1 Å². The quantitative estimate of drug-likeness (QED) is 0.661. The van der Waals surface area contributed by atoms with Crippen LogP contribution in [0.2, 0.25) is 0 Å². The van der Waals surface area contributed by atoms with Gasteiger partial charge in [0.05, 0.1) is 23.0 Å². The first kappa shape index (κ1) is 21.5. The molecule has 164 valence electrons. The summed E-state index contributed by atoms with van der Waals surface area (Å²) in [7, 11) is 0. The molecule has 0 spiro atoms. The van der Waals surface area contributed by atoms with Gasteiger partial charge in [0.15, 0.2) is 0 Å². The van der Waals surface area contributed by atoms with E-state index in [0.717, 1.165) is 0 Å². The predicted octanol–water partition coefficient (Wildman–Crippen LogP) is 4.67. The van der Waals surface area contributed by atoms with Crippen molar-refractivity contribution in [2.24, 2.45) is 5.92 Å². The standard InChI is InChI=1S/C21H17BrF3NO5/c1-10(19(27)28)14-8-30-17-7-11(5-6-12(14)17)26(20(29)21(23,24)25)16-9-31-18-13(16)3-2-4-15(18)22/h2-7,10,14,16H,8-9H2,1H3,(H,27,28)/t10?,14-,16+/m0/s1. The lowest BCUT2D eigenvalue weighted by Gasteiger charge is -2.29. The van der Waals surface area contributed by atoms with Crippen LogP contribution in [0.4, 0.5) is 18.9 Å². The van der Waals surface area contributed by atoms with Gasteiger partial charge in [-0.3, -0.25) is 14.5 Å². The molecule has 0 fully saturated rings. The fourth-order valence-corrected chi connectivity index (χ4v) is 4.44. The molecule has 10 heteroatoms. The second-order valence-electron chi connectivity index (χ2n) is 7.42. The zero-order valence-corrected chi connectivity index (χ0v) is 17.7. The fourth-order valence-electron chi connectivity index (χ4n) is 3.94. The molecule has 2 heterocycles. The third-order valence-electron chi connectivity index (χ3n) is 5.60. The Morgan fingerprint density at radius 3 is 2.58 bits per heavy atom. The number of benzene rings is 2. The summed E-state index contributed by atoms with van der Waals surface area (Å²) < 4.78 is 52.2. The molecule has 6 nitrogen and oxygen atoms in total. The molecule has 2 aliphatic rings. The summed E-state index contributed by atoms with van der Waals surface area (Å²) in [6.07, 6.45) is -5.10. The number of nitrogens with zero attached hydrogens (tertiary/aromatic N) is 1. The van der Waals surface area contributed by atoms with Crippen LogP contribution in [-0.4, -0.2) is 36.4 Å². The van der Waals surface area contributed by atoms with Gasteiger partial charge in [0.2, 0.25) is 0 Å². The molecule has 2 aliphatic heterocycles. The number of aliphatic carboxylic acids is 1. The molecule has 4 rings (SSSR count). The first-order valence-electron chi connectivity index (χ1n) is 9.40. The van der Waals surface area contributed by atoms with Crippen molar-refractivity contribution in [3.63, 3.8) is 0 Å². The first-order chi connectivity index (χ1) is 14.6. The van der Waals surface area contributed by atoms with Crippen LogP contribution in [0.25, 0.3) is 0 Å². The van der Waals surface area contributed by atoms with Crippen LogP contribution >= 0.6 is 15.9 Å². The number of hydrogen-bond acceptors (Lipinski definition) is 4. The Kier molecular flexibility index (Phi) is 5.36. The molecule has 1 unspecified atom stereocenters. The number of fused-ring (bicyclic) bond motifs is 2. The average molecular weight is 500 g/mol. The van der Waals surface area contributed by atoms with Crippen LogP contribution in [-0.2, 0) is 9.59 Å². The summed E-state index contributed by atoms with van der Waals surface area (Å²) in [5.74, 6) is -3.52. The van der Waals surface area contributed by atoms with Gasteiger partial charge in [-0.1, -0.05) is 25.1 Å². The monoisotopic (exact) mass is 499 g/mol. The third kappa shape index (κ3) is 3.73. The maximum atomic E-state index is 13.5. The molecule has 2 aromatic rings. The minimum Gasteiger partial charge on any atom is -0.493 e. The number of alkyl halides is 3. The summed E-state index contributed by atoms with van der Waals surface area (Å²) >= 11 is 3.31. The maximum Gasteiger partial charge on any atom is 0.471 e. The second-order valence-corrected chi connectivity index (χ2v) is 8.28. The van der Waals surface area contributed by atoms with E-state index in [-0.39, 0.29) is 24.7 Å². The Morgan fingerprint density at radius 1 is 1.16 bits per heavy atom.